The number of methoxy groups -OCH3 is 1. The van der Waals surface area contributed by atoms with Gasteiger partial charge in [-0.3, -0.25) is 4.98 Å². The highest BCUT2D eigenvalue weighted by atomic mass is 16.5. The van der Waals surface area contributed by atoms with Crippen LogP contribution in [0, 0.1) is 0 Å². The van der Waals surface area contributed by atoms with Crippen molar-refractivity contribution >= 4 is 0 Å². The first-order valence-corrected chi connectivity index (χ1v) is 5.18. The Morgan fingerprint density at radius 2 is 2.40 bits per heavy atom. The SMILES string of the molecule is COc1nccnc1CN[C@H]1CCNC1. The Hall–Kier alpha value is -1.20. The van der Waals surface area contributed by atoms with Crippen LogP contribution in [-0.4, -0.2) is 36.2 Å². The van der Waals surface area contributed by atoms with E-state index >= 15 is 0 Å². The zero-order valence-corrected chi connectivity index (χ0v) is 8.86. The molecule has 5 nitrogen and oxygen atoms in total. The zero-order chi connectivity index (χ0) is 10.5. The topological polar surface area (TPSA) is 59.1 Å². The van der Waals surface area contributed by atoms with Gasteiger partial charge in [0, 0.05) is 31.5 Å². The van der Waals surface area contributed by atoms with Crippen LogP contribution in [0.1, 0.15) is 12.1 Å². The lowest BCUT2D eigenvalue weighted by Crippen LogP contribution is -2.30. The predicted molar refractivity (Wildman–Crippen MR) is 56.7 cm³/mol. The molecule has 1 atom stereocenters. The summed E-state index contributed by atoms with van der Waals surface area (Å²) in [5, 5.41) is 6.74. The van der Waals surface area contributed by atoms with Gasteiger partial charge >= 0.3 is 0 Å². The number of hydrogen-bond acceptors (Lipinski definition) is 5. The van der Waals surface area contributed by atoms with Crippen LogP contribution in [0.25, 0.3) is 0 Å². The second kappa shape index (κ2) is 5.04. The molecule has 15 heavy (non-hydrogen) atoms. The number of rotatable bonds is 4. The largest absolute Gasteiger partial charge is 0.480 e. The molecule has 0 aromatic carbocycles. The lowest BCUT2D eigenvalue weighted by molar-refractivity contribution is 0.385. The van der Waals surface area contributed by atoms with Crippen molar-refractivity contribution in [2.24, 2.45) is 0 Å². The van der Waals surface area contributed by atoms with Crippen LogP contribution < -0.4 is 15.4 Å². The van der Waals surface area contributed by atoms with E-state index in [1.54, 1.807) is 19.5 Å². The third kappa shape index (κ3) is 2.64. The monoisotopic (exact) mass is 208 g/mol. The summed E-state index contributed by atoms with van der Waals surface area (Å²) in [5.41, 5.74) is 0.868. The molecule has 1 aromatic heterocycles. The third-order valence-corrected chi connectivity index (χ3v) is 2.55. The summed E-state index contributed by atoms with van der Waals surface area (Å²) in [6.07, 6.45) is 4.49. The third-order valence-electron chi connectivity index (χ3n) is 2.55. The van der Waals surface area contributed by atoms with Gasteiger partial charge in [-0.15, -0.1) is 0 Å². The van der Waals surface area contributed by atoms with E-state index < -0.39 is 0 Å². The van der Waals surface area contributed by atoms with E-state index in [0.29, 0.717) is 18.5 Å². The minimum Gasteiger partial charge on any atom is -0.480 e. The number of nitrogens with one attached hydrogen (secondary N) is 2. The summed E-state index contributed by atoms with van der Waals surface area (Å²) in [6.45, 7) is 2.83. The van der Waals surface area contributed by atoms with Crippen molar-refractivity contribution in [3.63, 3.8) is 0 Å². The van der Waals surface area contributed by atoms with Gasteiger partial charge in [-0.05, 0) is 13.0 Å². The summed E-state index contributed by atoms with van der Waals surface area (Å²) in [7, 11) is 1.62. The average molecular weight is 208 g/mol. The van der Waals surface area contributed by atoms with Crippen molar-refractivity contribution in [3.8, 4) is 5.88 Å². The maximum Gasteiger partial charge on any atom is 0.236 e. The smallest absolute Gasteiger partial charge is 0.236 e. The molecule has 1 aliphatic rings. The van der Waals surface area contributed by atoms with Gasteiger partial charge in [-0.1, -0.05) is 0 Å². The fourth-order valence-electron chi connectivity index (χ4n) is 1.72. The minimum atomic E-state index is 0.539. The molecule has 0 radical (unpaired) electrons. The van der Waals surface area contributed by atoms with Gasteiger partial charge in [-0.2, -0.15) is 0 Å². The highest BCUT2D eigenvalue weighted by molar-refractivity contribution is 5.16. The number of hydrogen-bond donors (Lipinski definition) is 2. The molecule has 2 rings (SSSR count). The molecule has 2 N–H and O–H groups in total. The highest BCUT2D eigenvalue weighted by Gasteiger charge is 2.14. The van der Waals surface area contributed by atoms with Gasteiger partial charge in [0.05, 0.1) is 7.11 Å². The standard InChI is InChI=1S/C10H16N4O/c1-15-10-9(12-4-5-13-10)7-14-8-2-3-11-6-8/h4-5,8,11,14H,2-3,6-7H2,1H3/t8-/m0/s1. The first kappa shape index (κ1) is 10.3. The zero-order valence-electron chi connectivity index (χ0n) is 8.86. The van der Waals surface area contributed by atoms with Gasteiger partial charge in [0.2, 0.25) is 5.88 Å². The summed E-state index contributed by atoms with van der Waals surface area (Å²) in [4.78, 5) is 8.34. The summed E-state index contributed by atoms with van der Waals surface area (Å²) in [6, 6.07) is 0.539. The Kier molecular flexibility index (Phi) is 3.47. The first-order chi connectivity index (χ1) is 7.40. The maximum atomic E-state index is 5.13. The van der Waals surface area contributed by atoms with Crippen LogP contribution in [0.4, 0.5) is 0 Å². The number of aromatic nitrogens is 2. The second-order valence-electron chi connectivity index (χ2n) is 3.58. The molecular weight excluding hydrogens is 192 g/mol. The van der Waals surface area contributed by atoms with E-state index in [4.69, 9.17) is 4.74 Å². The summed E-state index contributed by atoms with van der Waals surface area (Å²) >= 11 is 0. The Morgan fingerprint density at radius 3 is 3.13 bits per heavy atom. The lowest BCUT2D eigenvalue weighted by Gasteiger charge is -2.11. The van der Waals surface area contributed by atoms with Crippen LogP contribution in [0.3, 0.4) is 0 Å². The van der Waals surface area contributed by atoms with Crippen LogP contribution in [0.2, 0.25) is 0 Å². The number of ether oxygens (including phenoxy) is 1. The molecule has 0 aliphatic carbocycles. The Balaban J connectivity index is 1.91. The quantitative estimate of drug-likeness (QED) is 0.725. The second-order valence-corrected chi connectivity index (χ2v) is 3.58. The molecule has 1 saturated heterocycles. The molecule has 5 heteroatoms. The molecule has 0 saturated carbocycles. The van der Waals surface area contributed by atoms with Crippen molar-refractivity contribution in [2.45, 2.75) is 19.0 Å². The van der Waals surface area contributed by atoms with E-state index in [-0.39, 0.29) is 0 Å². The van der Waals surface area contributed by atoms with Gasteiger partial charge in [0.25, 0.3) is 0 Å². The van der Waals surface area contributed by atoms with E-state index in [1.807, 2.05) is 0 Å². The summed E-state index contributed by atoms with van der Waals surface area (Å²) < 4.78 is 5.13. The minimum absolute atomic E-state index is 0.539. The predicted octanol–water partition coefficient (Wildman–Crippen LogP) is -0.0633. The fraction of sp³-hybridized carbons (Fsp3) is 0.600. The van der Waals surface area contributed by atoms with E-state index in [1.165, 1.54) is 6.42 Å². The van der Waals surface area contributed by atoms with E-state index in [0.717, 1.165) is 18.8 Å². The van der Waals surface area contributed by atoms with E-state index in [9.17, 15) is 0 Å². The molecule has 0 spiro atoms. The molecule has 0 amide bonds. The molecule has 2 heterocycles. The molecule has 0 unspecified atom stereocenters. The first-order valence-electron chi connectivity index (χ1n) is 5.18. The van der Waals surface area contributed by atoms with Crippen molar-refractivity contribution in [3.05, 3.63) is 18.1 Å². The van der Waals surface area contributed by atoms with Crippen molar-refractivity contribution in [2.75, 3.05) is 20.2 Å². The Bertz CT molecular complexity index is 312. The molecule has 1 fully saturated rings. The number of nitrogens with zero attached hydrogens (tertiary/aromatic N) is 2. The lowest BCUT2D eigenvalue weighted by atomic mass is 10.2. The van der Waals surface area contributed by atoms with Crippen molar-refractivity contribution in [1.82, 2.24) is 20.6 Å². The highest BCUT2D eigenvalue weighted by Crippen LogP contribution is 2.10. The van der Waals surface area contributed by atoms with Crippen molar-refractivity contribution in [1.29, 1.82) is 0 Å². The molecule has 1 aromatic rings. The molecular formula is C10H16N4O. The molecule has 0 bridgehead atoms. The molecule has 1 aliphatic heterocycles. The van der Waals surface area contributed by atoms with Gasteiger partial charge in [-0.25, -0.2) is 4.98 Å². The maximum absolute atomic E-state index is 5.13. The van der Waals surface area contributed by atoms with Crippen LogP contribution in [0.15, 0.2) is 12.4 Å². The molecule has 82 valence electrons. The van der Waals surface area contributed by atoms with Crippen LogP contribution >= 0.6 is 0 Å². The normalized spacial score (nSPS) is 20.5. The van der Waals surface area contributed by atoms with Gasteiger partial charge in [0.15, 0.2) is 0 Å². The van der Waals surface area contributed by atoms with E-state index in [2.05, 4.69) is 20.6 Å². The van der Waals surface area contributed by atoms with Gasteiger partial charge < -0.3 is 15.4 Å². The van der Waals surface area contributed by atoms with Crippen LogP contribution in [0.5, 0.6) is 5.88 Å². The fourth-order valence-corrected chi connectivity index (χ4v) is 1.72. The van der Waals surface area contributed by atoms with Crippen LogP contribution in [-0.2, 0) is 6.54 Å². The van der Waals surface area contributed by atoms with Crippen molar-refractivity contribution < 1.29 is 4.74 Å². The Labute approximate surface area is 89.3 Å². The van der Waals surface area contributed by atoms with Gasteiger partial charge in [0.1, 0.15) is 5.69 Å². The Morgan fingerprint density at radius 1 is 1.53 bits per heavy atom. The average Bonchev–Trinajstić information content (AvgIpc) is 2.79. The summed E-state index contributed by atoms with van der Waals surface area (Å²) in [5.74, 6) is 0.607.